The van der Waals surface area contributed by atoms with E-state index in [0.29, 0.717) is 24.3 Å². The zero-order valence-corrected chi connectivity index (χ0v) is 22.6. The van der Waals surface area contributed by atoms with Crippen LogP contribution < -0.4 is 15.0 Å². The maximum absolute atomic E-state index is 13.7. The Labute approximate surface area is 234 Å². The maximum atomic E-state index is 13.7. The number of halogens is 1. The highest BCUT2D eigenvalue weighted by Gasteiger charge is 2.35. The summed E-state index contributed by atoms with van der Waals surface area (Å²) in [6.07, 6.45) is 1.05. The molecule has 1 amide bonds. The third-order valence-electron chi connectivity index (χ3n) is 6.19. The lowest BCUT2D eigenvalue weighted by atomic mass is 10.0. The van der Waals surface area contributed by atoms with E-state index in [4.69, 9.17) is 14.2 Å². The number of fused-ring (bicyclic) bond motifs is 1. The average molecular weight is 553 g/mol. The Bertz CT molecular complexity index is 1220. The van der Waals surface area contributed by atoms with E-state index in [2.05, 4.69) is 5.32 Å². The van der Waals surface area contributed by atoms with Crippen molar-refractivity contribution in [3.63, 3.8) is 0 Å². The molecule has 0 spiro atoms. The molecule has 2 atom stereocenters. The van der Waals surface area contributed by atoms with Crippen molar-refractivity contribution in [1.29, 1.82) is 0 Å². The predicted octanol–water partition coefficient (Wildman–Crippen LogP) is 4.10. The summed E-state index contributed by atoms with van der Waals surface area (Å²) < 4.78 is 16.7. The second kappa shape index (κ2) is 14.9. The van der Waals surface area contributed by atoms with Gasteiger partial charge >= 0.3 is 11.9 Å². The van der Waals surface area contributed by atoms with Gasteiger partial charge in [0, 0.05) is 0 Å². The first-order valence-corrected chi connectivity index (χ1v) is 12.7. The summed E-state index contributed by atoms with van der Waals surface area (Å²) in [5.41, 5.74) is 2.39. The Morgan fingerprint density at radius 1 is 0.949 bits per heavy atom. The van der Waals surface area contributed by atoms with E-state index >= 15 is 0 Å². The van der Waals surface area contributed by atoms with Gasteiger partial charge in [0.1, 0.15) is 37.6 Å². The molecule has 3 aromatic carbocycles. The fourth-order valence-corrected chi connectivity index (χ4v) is 4.26. The highest BCUT2D eigenvalue weighted by molar-refractivity contribution is 6.02. The molecule has 4 rings (SSSR count). The topological polar surface area (TPSA) is 94.2 Å². The van der Waals surface area contributed by atoms with Crippen molar-refractivity contribution < 1.29 is 28.6 Å². The molecule has 1 heterocycles. The maximum Gasteiger partial charge on any atom is 0.326 e. The SMILES string of the molecule is CCOC(=O)[C@H](CCc1ccccc1)N[C@H]1COc2ccccc2N(CC(=O)OCc2ccccc2)C1=O.Cl. The Balaban J connectivity index is 0.00000420. The second-order valence-corrected chi connectivity index (χ2v) is 8.90. The molecule has 0 unspecified atom stereocenters. The second-order valence-electron chi connectivity index (χ2n) is 8.90. The van der Waals surface area contributed by atoms with E-state index in [1.807, 2.05) is 60.7 Å². The van der Waals surface area contributed by atoms with Crippen LogP contribution in [-0.4, -0.2) is 49.7 Å². The van der Waals surface area contributed by atoms with Crippen LogP contribution in [0.15, 0.2) is 84.9 Å². The molecule has 39 heavy (non-hydrogen) atoms. The number of rotatable bonds is 11. The van der Waals surface area contributed by atoms with Crippen LogP contribution in [0.3, 0.4) is 0 Å². The Morgan fingerprint density at radius 2 is 1.59 bits per heavy atom. The van der Waals surface area contributed by atoms with Gasteiger partial charge in [0.2, 0.25) is 5.91 Å². The van der Waals surface area contributed by atoms with Crippen LogP contribution in [0.5, 0.6) is 5.75 Å². The molecule has 9 heteroatoms. The number of amides is 1. The molecule has 0 bridgehead atoms. The Hall–Kier alpha value is -3.88. The molecule has 206 valence electrons. The largest absolute Gasteiger partial charge is 0.489 e. The summed E-state index contributed by atoms with van der Waals surface area (Å²) in [6, 6.07) is 24.5. The number of para-hydroxylation sites is 2. The summed E-state index contributed by atoms with van der Waals surface area (Å²) in [7, 11) is 0. The van der Waals surface area contributed by atoms with Gasteiger partial charge in [-0.15, -0.1) is 12.4 Å². The van der Waals surface area contributed by atoms with Crippen LogP contribution >= 0.6 is 12.4 Å². The van der Waals surface area contributed by atoms with Crippen molar-refractivity contribution in [3.05, 3.63) is 96.1 Å². The zero-order valence-electron chi connectivity index (χ0n) is 21.8. The number of aryl methyl sites for hydroxylation is 1. The van der Waals surface area contributed by atoms with Gasteiger partial charge in [-0.05, 0) is 43.0 Å². The van der Waals surface area contributed by atoms with Gasteiger partial charge in [-0.3, -0.25) is 24.6 Å². The molecule has 1 aliphatic heterocycles. The molecular formula is C30H33ClN2O6. The average Bonchev–Trinajstić information content (AvgIpc) is 3.07. The molecule has 3 aromatic rings. The summed E-state index contributed by atoms with van der Waals surface area (Å²) in [5, 5.41) is 3.15. The normalized spacial score (nSPS) is 15.2. The Kier molecular flexibility index (Phi) is 11.3. The fraction of sp³-hybridized carbons (Fsp3) is 0.300. The van der Waals surface area contributed by atoms with Crippen molar-refractivity contribution in [1.82, 2.24) is 5.32 Å². The molecule has 1 N–H and O–H groups in total. The number of ether oxygens (including phenoxy) is 3. The minimum atomic E-state index is -0.880. The van der Waals surface area contributed by atoms with Crippen molar-refractivity contribution in [2.45, 2.75) is 38.5 Å². The first-order chi connectivity index (χ1) is 18.5. The lowest BCUT2D eigenvalue weighted by Crippen LogP contribution is -2.55. The molecule has 0 aromatic heterocycles. The third-order valence-corrected chi connectivity index (χ3v) is 6.19. The van der Waals surface area contributed by atoms with Crippen molar-refractivity contribution in [3.8, 4) is 5.75 Å². The predicted molar refractivity (Wildman–Crippen MR) is 150 cm³/mol. The summed E-state index contributed by atoms with van der Waals surface area (Å²) >= 11 is 0. The standard InChI is InChI=1S/C30H32N2O6.ClH/c1-2-36-30(35)24(18-17-22-11-5-3-6-12-22)31-25-21-37-27-16-10-9-15-26(27)32(29(25)34)19-28(33)38-20-23-13-7-4-8-14-23;/h3-16,24-25,31H,2,17-21H2,1H3;1H/t24-,25-;/m0./s1. The number of esters is 2. The van der Waals surface area contributed by atoms with E-state index < -0.39 is 24.0 Å². The van der Waals surface area contributed by atoms with Crippen LogP contribution in [0.1, 0.15) is 24.5 Å². The number of nitrogens with one attached hydrogen (secondary N) is 1. The van der Waals surface area contributed by atoms with Gasteiger partial charge in [-0.2, -0.15) is 0 Å². The number of nitrogens with zero attached hydrogens (tertiary/aromatic N) is 1. The minimum absolute atomic E-state index is 0. The van der Waals surface area contributed by atoms with Crippen LogP contribution in [0.25, 0.3) is 0 Å². The van der Waals surface area contributed by atoms with Gasteiger partial charge in [0.05, 0.1) is 12.3 Å². The smallest absolute Gasteiger partial charge is 0.326 e. The molecule has 0 saturated carbocycles. The highest BCUT2D eigenvalue weighted by atomic mass is 35.5. The number of carbonyl (C=O) groups is 3. The summed E-state index contributed by atoms with van der Waals surface area (Å²) in [5.74, 6) is -0.908. The molecule has 8 nitrogen and oxygen atoms in total. The van der Waals surface area contributed by atoms with E-state index in [-0.39, 0.29) is 44.7 Å². The van der Waals surface area contributed by atoms with Crippen LogP contribution in [0, 0.1) is 0 Å². The van der Waals surface area contributed by atoms with Crippen molar-refractivity contribution >= 4 is 35.9 Å². The molecule has 0 radical (unpaired) electrons. The molecule has 0 fully saturated rings. The van der Waals surface area contributed by atoms with Crippen LogP contribution in [0.2, 0.25) is 0 Å². The van der Waals surface area contributed by atoms with E-state index in [1.165, 1.54) is 4.90 Å². The van der Waals surface area contributed by atoms with Crippen LogP contribution in [0.4, 0.5) is 5.69 Å². The van der Waals surface area contributed by atoms with E-state index in [9.17, 15) is 14.4 Å². The monoisotopic (exact) mass is 552 g/mol. The van der Waals surface area contributed by atoms with Crippen LogP contribution in [-0.2, 0) is 36.9 Å². The highest BCUT2D eigenvalue weighted by Crippen LogP contribution is 2.31. The molecular weight excluding hydrogens is 520 g/mol. The number of hydrogen-bond donors (Lipinski definition) is 1. The molecule has 0 aliphatic carbocycles. The number of benzene rings is 3. The van der Waals surface area contributed by atoms with E-state index in [0.717, 1.165) is 11.1 Å². The van der Waals surface area contributed by atoms with Gasteiger partial charge in [0.25, 0.3) is 0 Å². The lowest BCUT2D eigenvalue weighted by molar-refractivity contribution is -0.147. The number of hydrogen-bond acceptors (Lipinski definition) is 7. The van der Waals surface area contributed by atoms with Gasteiger partial charge in [0.15, 0.2) is 0 Å². The first kappa shape index (κ1) is 29.7. The quantitative estimate of drug-likeness (QED) is 0.358. The third kappa shape index (κ3) is 8.30. The van der Waals surface area contributed by atoms with Crippen molar-refractivity contribution in [2.24, 2.45) is 0 Å². The van der Waals surface area contributed by atoms with Gasteiger partial charge in [-0.25, -0.2) is 0 Å². The van der Waals surface area contributed by atoms with E-state index in [1.54, 1.807) is 31.2 Å². The van der Waals surface area contributed by atoms with Gasteiger partial charge < -0.3 is 14.2 Å². The lowest BCUT2D eigenvalue weighted by Gasteiger charge is -2.26. The minimum Gasteiger partial charge on any atom is -0.489 e. The number of carbonyl (C=O) groups excluding carboxylic acids is 3. The first-order valence-electron chi connectivity index (χ1n) is 12.7. The van der Waals surface area contributed by atoms with Gasteiger partial charge in [-0.1, -0.05) is 72.8 Å². The van der Waals surface area contributed by atoms with Crippen molar-refractivity contribution in [2.75, 3.05) is 24.7 Å². The Morgan fingerprint density at radius 3 is 2.28 bits per heavy atom. The summed E-state index contributed by atoms with van der Waals surface area (Å²) in [4.78, 5) is 40.7. The molecule has 1 aliphatic rings. The molecule has 0 saturated heterocycles. The summed E-state index contributed by atoms with van der Waals surface area (Å²) in [6.45, 7) is 1.77. The number of anilines is 1. The fourth-order valence-electron chi connectivity index (χ4n) is 4.26. The zero-order chi connectivity index (χ0) is 26.7.